The number of rotatable bonds is 6. The van der Waals surface area contributed by atoms with Crippen LogP contribution in [-0.2, 0) is 6.42 Å². The van der Waals surface area contributed by atoms with E-state index in [0.29, 0.717) is 15.5 Å². The minimum atomic E-state index is -0.136. The van der Waals surface area contributed by atoms with Gasteiger partial charge in [-0.15, -0.1) is 0 Å². The lowest BCUT2D eigenvalue weighted by molar-refractivity contribution is 0.767. The number of unbranched alkanes of at least 4 members (excludes halogenated alkanes) is 1. The van der Waals surface area contributed by atoms with Crippen molar-refractivity contribution in [2.24, 2.45) is 0 Å². The van der Waals surface area contributed by atoms with Crippen molar-refractivity contribution in [3.05, 3.63) is 69.8 Å². The molecule has 2 aromatic heterocycles. The quantitative estimate of drug-likeness (QED) is 0.710. The van der Waals surface area contributed by atoms with Crippen molar-refractivity contribution in [1.82, 2.24) is 14.8 Å². The summed E-state index contributed by atoms with van der Waals surface area (Å²) in [5, 5.41) is 13.1. The summed E-state index contributed by atoms with van der Waals surface area (Å²) in [7, 11) is 0. The number of hydrogen-bond acceptors (Lipinski definition) is 4. The van der Waals surface area contributed by atoms with Gasteiger partial charge in [-0.2, -0.15) is 5.26 Å². The third kappa shape index (κ3) is 3.73. The molecule has 0 aliphatic carbocycles. The van der Waals surface area contributed by atoms with E-state index in [4.69, 9.17) is 0 Å². The summed E-state index contributed by atoms with van der Waals surface area (Å²) < 4.78 is 1.52. The molecule has 3 rings (SSSR count). The van der Waals surface area contributed by atoms with Gasteiger partial charge >= 0.3 is 0 Å². The summed E-state index contributed by atoms with van der Waals surface area (Å²) in [6.45, 7) is 3.99. The fourth-order valence-corrected chi connectivity index (χ4v) is 3.60. The van der Waals surface area contributed by atoms with Crippen LogP contribution >= 0.6 is 11.8 Å². The van der Waals surface area contributed by atoms with Gasteiger partial charge in [-0.05, 0) is 44.0 Å². The maximum absolute atomic E-state index is 12.9. The number of nitriles is 1. The molecule has 0 amide bonds. The van der Waals surface area contributed by atoms with E-state index in [0.717, 1.165) is 36.3 Å². The van der Waals surface area contributed by atoms with Crippen LogP contribution in [0.3, 0.4) is 0 Å². The number of aromatic nitrogens is 3. The van der Waals surface area contributed by atoms with Crippen LogP contribution in [0.5, 0.6) is 0 Å². The molecule has 0 atom stereocenters. The zero-order valence-electron chi connectivity index (χ0n) is 14.8. The van der Waals surface area contributed by atoms with E-state index in [-0.39, 0.29) is 5.56 Å². The normalized spacial score (nSPS) is 10.7. The van der Waals surface area contributed by atoms with Gasteiger partial charge in [0.1, 0.15) is 16.0 Å². The molecule has 0 saturated heterocycles. The van der Waals surface area contributed by atoms with Crippen LogP contribution in [0.15, 0.2) is 57.2 Å². The molecule has 5 nitrogen and oxygen atoms in total. The minimum absolute atomic E-state index is 0.136. The van der Waals surface area contributed by atoms with E-state index < -0.39 is 0 Å². The molecule has 3 aromatic rings. The molecule has 132 valence electrons. The van der Waals surface area contributed by atoms with Crippen LogP contribution in [0, 0.1) is 18.3 Å². The highest BCUT2D eigenvalue weighted by molar-refractivity contribution is 7.99. The van der Waals surface area contributed by atoms with Gasteiger partial charge in [-0.3, -0.25) is 9.89 Å². The summed E-state index contributed by atoms with van der Waals surface area (Å²) in [4.78, 5) is 18.0. The zero-order chi connectivity index (χ0) is 18.5. The number of aryl methyl sites for hydroxylation is 2. The van der Waals surface area contributed by atoms with Crippen LogP contribution in [0.4, 0.5) is 0 Å². The van der Waals surface area contributed by atoms with Gasteiger partial charge in [0, 0.05) is 11.4 Å². The zero-order valence-corrected chi connectivity index (χ0v) is 15.6. The summed E-state index contributed by atoms with van der Waals surface area (Å²) >= 11 is 1.26. The van der Waals surface area contributed by atoms with Gasteiger partial charge < -0.3 is 0 Å². The molecule has 0 saturated carbocycles. The van der Waals surface area contributed by atoms with Crippen LogP contribution < -0.4 is 5.56 Å². The molecule has 0 bridgehead atoms. The monoisotopic (exact) mass is 364 g/mol. The van der Waals surface area contributed by atoms with Gasteiger partial charge in [0.25, 0.3) is 5.56 Å². The summed E-state index contributed by atoms with van der Waals surface area (Å²) in [5.41, 5.74) is 2.83. The predicted molar refractivity (Wildman–Crippen MR) is 103 cm³/mol. The highest BCUT2D eigenvalue weighted by Gasteiger charge is 2.17. The maximum Gasteiger partial charge on any atom is 0.285 e. The first-order valence-corrected chi connectivity index (χ1v) is 9.40. The van der Waals surface area contributed by atoms with Gasteiger partial charge in [0.2, 0.25) is 0 Å². The van der Waals surface area contributed by atoms with Crippen molar-refractivity contribution in [3.63, 3.8) is 0 Å². The fraction of sp³-hybridized carbons (Fsp3) is 0.250. The Morgan fingerprint density at radius 3 is 2.69 bits per heavy atom. The molecule has 1 aromatic carbocycles. The van der Waals surface area contributed by atoms with E-state index in [9.17, 15) is 10.1 Å². The van der Waals surface area contributed by atoms with Crippen molar-refractivity contribution in [2.45, 2.75) is 43.0 Å². The Kier molecular flexibility index (Phi) is 5.59. The van der Waals surface area contributed by atoms with Gasteiger partial charge in [0.05, 0.1) is 11.3 Å². The lowest BCUT2D eigenvalue weighted by atomic mass is 10.2. The van der Waals surface area contributed by atoms with E-state index >= 15 is 0 Å². The number of H-pyrrole nitrogens is 1. The molecule has 1 N–H and O–H groups in total. The number of nitrogens with zero attached hydrogens (tertiary/aromatic N) is 3. The number of aromatic amines is 1. The van der Waals surface area contributed by atoms with Crippen molar-refractivity contribution >= 4 is 11.8 Å². The fourth-order valence-electron chi connectivity index (χ4n) is 2.65. The molecular formula is C20H20N4OS. The predicted octanol–water partition coefficient (Wildman–Crippen LogP) is 4.23. The lowest BCUT2D eigenvalue weighted by Gasteiger charge is -2.05. The molecule has 6 heteroatoms. The second kappa shape index (κ2) is 8.07. The largest absolute Gasteiger partial charge is 0.294 e. The first-order valence-electron chi connectivity index (χ1n) is 8.59. The average molecular weight is 364 g/mol. The Hall–Kier alpha value is -2.78. The molecule has 0 spiro atoms. The second-order valence-electron chi connectivity index (χ2n) is 6.01. The lowest BCUT2D eigenvalue weighted by Crippen LogP contribution is -2.15. The maximum atomic E-state index is 12.9. The summed E-state index contributed by atoms with van der Waals surface area (Å²) in [6, 6.07) is 15.3. The van der Waals surface area contributed by atoms with Crippen LogP contribution in [0.25, 0.3) is 5.69 Å². The molecular weight excluding hydrogens is 344 g/mol. The Bertz CT molecular complexity index is 999. The standard InChI is InChI=1S/C20H20N4OS/c1-3-4-8-16-12-11-15(13-21)19(22-16)26-18-14(2)23-24(20(18)25)17-9-6-5-7-10-17/h5-7,9-12,23H,3-4,8H2,1-2H3. The highest BCUT2D eigenvalue weighted by atomic mass is 32.2. The number of pyridine rings is 1. The van der Waals surface area contributed by atoms with Crippen LogP contribution in [0.2, 0.25) is 0 Å². The first kappa shape index (κ1) is 18.0. The average Bonchev–Trinajstić information content (AvgIpc) is 2.95. The van der Waals surface area contributed by atoms with E-state index in [1.165, 1.54) is 16.4 Å². The SMILES string of the molecule is CCCCc1ccc(C#N)c(Sc2c(C)[nH]n(-c3ccccc3)c2=O)n1. The molecule has 0 aliphatic rings. The topological polar surface area (TPSA) is 74.5 Å². The number of nitrogens with one attached hydrogen (secondary N) is 1. The van der Waals surface area contributed by atoms with E-state index in [1.807, 2.05) is 43.3 Å². The van der Waals surface area contributed by atoms with Gasteiger partial charge in [-0.25, -0.2) is 9.67 Å². The van der Waals surface area contributed by atoms with Gasteiger partial charge in [-0.1, -0.05) is 43.3 Å². The Morgan fingerprint density at radius 1 is 1.23 bits per heavy atom. The smallest absolute Gasteiger partial charge is 0.285 e. The van der Waals surface area contributed by atoms with Crippen molar-refractivity contribution < 1.29 is 0 Å². The Morgan fingerprint density at radius 2 is 2.00 bits per heavy atom. The molecule has 0 radical (unpaired) electrons. The Labute approximate surface area is 156 Å². The van der Waals surface area contributed by atoms with E-state index in [1.54, 1.807) is 6.07 Å². The van der Waals surface area contributed by atoms with Crippen molar-refractivity contribution in [3.8, 4) is 11.8 Å². The van der Waals surface area contributed by atoms with Crippen LogP contribution in [0.1, 0.15) is 36.7 Å². The number of para-hydroxylation sites is 1. The second-order valence-corrected chi connectivity index (χ2v) is 7.01. The highest BCUT2D eigenvalue weighted by Crippen LogP contribution is 2.29. The Balaban J connectivity index is 1.98. The third-order valence-corrected chi connectivity index (χ3v) is 5.24. The molecule has 2 heterocycles. The van der Waals surface area contributed by atoms with Crippen LogP contribution in [-0.4, -0.2) is 14.8 Å². The van der Waals surface area contributed by atoms with Crippen molar-refractivity contribution in [1.29, 1.82) is 5.26 Å². The first-order chi connectivity index (χ1) is 12.6. The molecule has 0 fully saturated rings. The molecule has 26 heavy (non-hydrogen) atoms. The molecule has 0 unspecified atom stereocenters. The van der Waals surface area contributed by atoms with E-state index in [2.05, 4.69) is 23.1 Å². The minimum Gasteiger partial charge on any atom is -0.294 e. The number of benzene rings is 1. The third-order valence-electron chi connectivity index (χ3n) is 4.06. The summed E-state index contributed by atoms with van der Waals surface area (Å²) in [6.07, 6.45) is 3.01. The van der Waals surface area contributed by atoms with Crippen molar-refractivity contribution in [2.75, 3.05) is 0 Å². The summed E-state index contributed by atoms with van der Waals surface area (Å²) in [5.74, 6) is 0. The van der Waals surface area contributed by atoms with Gasteiger partial charge in [0.15, 0.2) is 0 Å². The number of hydrogen-bond donors (Lipinski definition) is 1. The molecule has 0 aliphatic heterocycles.